The second-order valence-electron chi connectivity index (χ2n) is 5.43. The Labute approximate surface area is 132 Å². The van der Waals surface area contributed by atoms with Gasteiger partial charge in [-0.2, -0.15) is 0 Å². The Morgan fingerprint density at radius 3 is 2.82 bits per heavy atom. The second kappa shape index (κ2) is 8.70. The molecule has 122 valence electrons. The molecule has 6 heteroatoms. The van der Waals surface area contributed by atoms with Crippen LogP contribution in [-0.2, 0) is 4.74 Å². The summed E-state index contributed by atoms with van der Waals surface area (Å²) in [5.41, 5.74) is 0.703. The number of hydrogen-bond donors (Lipinski definition) is 1. The van der Waals surface area contributed by atoms with E-state index in [9.17, 15) is 4.79 Å². The molecular weight excluding hydrogens is 280 g/mol. The van der Waals surface area contributed by atoms with E-state index in [1.807, 2.05) is 11.0 Å². The van der Waals surface area contributed by atoms with Crippen LogP contribution in [0.5, 0.6) is 0 Å². The number of carbonyl (C=O) groups excluding carboxylic acids is 1. The molecule has 0 aliphatic carbocycles. The molecule has 1 saturated heterocycles. The van der Waals surface area contributed by atoms with Crippen molar-refractivity contribution in [2.24, 2.45) is 0 Å². The largest absolute Gasteiger partial charge is 0.385 e. The Bertz CT molecular complexity index is 473. The molecule has 6 nitrogen and oxygen atoms in total. The van der Waals surface area contributed by atoms with Crippen molar-refractivity contribution in [2.45, 2.75) is 13.3 Å². The van der Waals surface area contributed by atoms with Gasteiger partial charge in [0.25, 0.3) is 5.91 Å². The molecule has 2 heterocycles. The van der Waals surface area contributed by atoms with Crippen molar-refractivity contribution in [3.8, 4) is 0 Å². The molecule has 1 aliphatic heterocycles. The lowest BCUT2D eigenvalue weighted by Crippen LogP contribution is -2.48. The number of pyridine rings is 1. The number of amides is 1. The lowest BCUT2D eigenvalue weighted by Gasteiger charge is -2.34. The highest BCUT2D eigenvalue weighted by molar-refractivity contribution is 5.94. The van der Waals surface area contributed by atoms with E-state index in [1.54, 1.807) is 19.4 Å². The van der Waals surface area contributed by atoms with Crippen molar-refractivity contribution in [1.29, 1.82) is 0 Å². The summed E-state index contributed by atoms with van der Waals surface area (Å²) in [5, 5.41) is 3.22. The number of methoxy groups -OCH3 is 1. The summed E-state index contributed by atoms with van der Waals surface area (Å²) in [6.45, 7) is 8.21. The number of nitrogens with one attached hydrogen (secondary N) is 1. The molecule has 0 saturated carbocycles. The van der Waals surface area contributed by atoms with E-state index in [2.05, 4.69) is 22.1 Å². The third-order valence-corrected chi connectivity index (χ3v) is 3.94. The Morgan fingerprint density at radius 2 is 2.14 bits per heavy atom. The maximum atomic E-state index is 12.6. The van der Waals surface area contributed by atoms with Crippen LogP contribution in [-0.4, -0.2) is 73.7 Å². The van der Waals surface area contributed by atoms with Crippen LogP contribution in [0.1, 0.15) is 23.7 Å². The van der Waals surface area contributed by atoms with Crippen LogP contribution >= 0.6 is 0 Å². The average molecular weight is 306 g/mol. The van der Waals surface area contributed by atoms with Crippen molar-refractivity contribution in [3.63, 3.8) is 0 Å². The van der Waals surface area contributed by atoms with Crippen molar-refractivity contribution < 1.29 is 9.53 Å². The first-order valence-corrected chi connectivity index (χ1v) is 7.95. The van der Waals surface area contributed by atoms with Gasteiger partial charge in [0.2, 0.25) is 0 Å². The lowest BCUT2D eigenvalue weighted by molar-refractivity contribution is 0.0643. The molecule has 1 amide bonds. The molecule has 2 rings (SSSR count). The summed E-state index contributed by atoms with van der Waals surface area (Å²) >= 11 is 0. The van der Waals surface area contributed by atoms with Crippen LogP contribution in [0.2, 0.25) is 0 Å². The SMILES string of the molecule is CCN1CCN(C(=O)c2ccnc(NCCCOC)c2)CC1. The first kappa shape index (κ1) is 16.7. The number of piperazine rings is 1. The zero-order valence-corrected chi connectivity index (χ0v) is 13.5. The van der Waals surface area contributed by atoms with E-state index in [1.165, 1.54) is 0 Å². The Morgan fingerprint density at radius 1 is 1.36 bits per heavy atom. The van der Waals surface area contributed by atoms with Crippen LogP contribution in [0, 0.1) is 0 Å². The monoisotopic (exact) mass is 306 g/mol. The lowest BCUT2D eigenvalue weighted by atomic mass is 10.2. The standard InChI is InChI=1S/C16H26N4O2/c1-3-19-8-10-20(11-9-19)16(21)14-5-7-18-15(13-14)17-6-4-12-22-2/h5,7,13H,3-4,6,8-12H2,1-2H3,(H,17,18). The molecule has 1 N–H and O–H groups in total. The van der Waals surface area contributed by atoms with Gasteiger partial charge in [0, 0.05) is 58.2 Å². The summed E-state index contributed by atoms with van der Waals surface area (Å²) in [6.07, 6.45) is 2.60. The van der Waals surface area contributed by atoms with Crippen molar-refractivity contribution in [3.05, 3.63) is 23.9 Å². The van der Waals surface area contributed by atoms with Gasteiger partial charge < -0.3 is 19.9 Å². The molecule has 0 bridgehead atoms. The number of rotatable bonds is 7. The number of aromatic nitrogens is 1. The fourth-order valence-electron chi connectivity index (χ4n) is 2.54. The quantitative estimate of drug-likeness (QED) is 0.770. The summed E-state index contributed by atoms with van der Waals surface area (Å²) in [5.74, 6) is 0.840. The fraction of sp³-hybridized carbons (Fsp3) is 0.625. The number of nitrogens with zero attached hydrogens (tertiary/aromatic N) is 3. The van der Waals surface area contributed by atoms with Crippen molar-refractivity contribution in [1.82, 2.24) is 14.8 Å². The molecule has 1 aliphatic rings. The topological polar surface area (TPSA) is 57.7 Å². The van der Waals surface area contributed by atoms with Crippen LogP contribution in [0.4, 0.5) is 5.82 Å². The van der Waals surface area contributed by atoms with Gasteiger partial charge in [0.15, 0.2) is 0 Å². The molecule has 1 aromatic rings. The number of anilines is 1. The van der Waals surface area contributed by atoms with Crippen LogP contribution < -0.4 is 5.32 Å². The van der Waals surface area contributed by atoms with E-state index in [4.69, 9.17) is 4.74 Å². The number of ether oxygens (including phenoxy) is 1. The van der Waals surface area contributed by atoms with Crippen LogP contribution in [0.25, 0.3) is 0 Å². The van der Waals surface area contributed by atoms with Gasteiger partial charge in [-0.15, -0.1) is 0 Å². The van der Waals surface area contributed by atoms with Crippen molar-refractivity contribution >= 4 is 11.7 Å². The number of hydrogen-bond acceptors (Lipinski definition) is 5. The van der Waals surface area contributed by atoms with Gasteiger partial charge in [-0.05, 0) is 25.1 Å². The minimum atomic E-state index is 0.0955. The maximum Gasteiger partial charge on any atom is 0.254 e. The molecule has 0 unspecified atom stereocenters. The smallest absolute Gasteiger partial charge is 0.254 e. The number of carbonyl (C=O) groups is 1. The van der Waals surface area contributed by atoms with Gasteiger partial charge in [0.05, 0.1) is 0 Å². The van der Waals surface area contributed by atoms with Gasteiger partial charge >= 0.3 is 0 Å². The maximum absolute atomic E-state index is 12.6. The first-order valence-electron chi connectivity index (χ1n) is 7.95. The summed E-state index contributed by atoms with van der Waals surface area (Å²) in [4.78, 5) is 21.1. The van der Waals surface area contributed by atoms with Gasteiger partial charge in [0.1, 0.15) is 5.82 Å². The van der Waals surface area contributed by atoms with Crippen molar-refractivity contribution in [2.75, 3.05) is 58.3 Å². The highest BCUT2D eigenvalue weighted by Crippen LogP contribution is 2.12. The van der Waals surface area contributed by atoms with E-state index < -0.39 is 0 Å². The van der Waals surface area contributed by atoms with E-state index in [-0.39, 0.29) is 5.91 Å². The van der Waals surface area contributed by atoms with Crippen LogP contribution in [0.15, 0.2) is 18.3 Å². The molecule has 22 heavy (non-hydrogen) atoms. The zero-order chi connectivity index (χ0) is 15.8. The second-order valence-corrected chi connectivity index (χ2v) is 5.43. The summed E-state index contributed by atoms with van der Waals surface area (Å²) < 4.78 is 5.01. The molecule has 0 atom stereocenters. The minimum absolute atomic E-state index is 0.0955. The molecule has 0 aromatic carbocycles. The first-order chi connectivity index (χ1) is 10.7. The zero-order valence-electron chi connectivity index (χ0n) is 13.5. The summed E-state index contributed by atoms with van der Waals surface area (Å²) in [7, 11) is 1.69. The van der Waals surface area contributed by atoms with E-state index >= 15 is 0 Å². The van der Waals surface area contributed by atoms with Crippen LogP contribution in [0.3, 0.4) is 0 Å². The van der Waals surface area contributed by atoms with E-state index in [0.29, 0.717) is 12.2 Å². The summed E-state index contributed by atoms with van der Waals surface area (Å²) in [6, 6.07) is 3.62. The fourth-order valence-corrected chi connectivity index (χ4v) is 2.54. The highest BCUT2D eigenvalue weighted by Gasteiger charge is 2.21. The number of likely N-dealkylation sites (N-methyl/N-ethyl adjacent to an activating group) is 1. The van der Waals surface area contributed by atoms with Gasteiger partial charge in [-0.3, -0.25) is 4.79 Å². The van der Waals surface area contributed by atoms with Gasteiger partial charge in [-0.1, -0.05) is 6.92 Å². The Kier molecular flexibility index (Phi) is 6.61. The molecule has 1 fully saturated rings. The average Bonchev–Trinajstić information content (AvgIpc) is 2.58. The molecule has 0 spiro atoms. The Hall–Kier alpha value is -1.66. The predicted molar refractivity (Wildman–Crippen MR) is 87.2 cm³/mol. The minimum Gasteiger partial charge on any atom is -0.385 e. The molecule has 0 radical (unpaired) electrons. The highest BCUT2D eigenvalue weighted by atomic mass is 16.5. The third kappa shape index (κ3) is 4.68. The third-order valence-electron chi connectivity index (χ3n) is 3.94. The van der Waals surface area contributed by atoms with E-state index in [0.717, 1.165) is 51.5 Å². The van der Waals surface area contributed by atoms with Gasteiger partial charge in [-0.25, -0.2) is 4.98 Å². The normalized spacial score (nSPS) is 15.8. The molecular formula is C16H26N4O2. The predicted octanol–water partition coefficient (Wildman–Crippen LogP) is 1.31. The Balaban J connectivity index is 1.90. The molecule has 1 aromatic heterocycles.